The Labute approximate surface area is 683 Å². The highest BCUT2D eigenvalue weighted by molar-refractivity contribution is 7.82. The van der Waals surface area contributed by atoms with Crippen molar-refractivity contribution in [3.05, 3.63) is 0 Å². The zero-order valence-electron chi connectivity index (χ0n) is 65.1. The van der Waals surface area contributed by atoms with Gasteiger partial charge in [0.2, 0.25) is 0 Å². The lowest BCUT2D eigenvalue weighted by Gasteiger charge is -2.52. The Kier molecular flexibility index (Phi) is 37.7. The molecule has 14 bridgehead atoms. The Morgan fingerprint density at radius 3 is 0.336 bits per heavy atom. The number of ether oxygens (including phenoxy) is 28. The van der Waals surface area contributed by atoms with Crippen molar-refractivity contribution in [2.45, 2.75) is 215 Å². The summed E-state index contributed by atoms with van der Waals surface area (Å²) < 4.78 is 453. The molecule has 700 valence electrons. The molecule has 0 aromatic carbocycles. The van der Waals surface area contributed by atoms with E-state index in [4.69, 9.17) is 162 Å². The molecule has 21 aliphatic heterocycles. The van der Waals surface area contributed by atoms with Crippen LogP contribution in [0.15, 0.2) is 0 Å². The first-order valence-electron chi connectivity index (χ1n) is 34.6. The molecular formula is C56H98O56S7. The molecule has 35 atom stereocenters. The van der Waals surface area contributed by atoms with Crippen LogP contribution in [-0.4, -0.2) is 452 Å². The zero-order valence-corrected chi connectivity index (χ0v) is 70.9. The lowest BCUT2D eigenvalue weighted by molar-refractivity contribution is -0.401. The Morgan fingerprint density at radius 2 is 0.261 bits per heavy atom. The van der Waals surface area contributed by atoms with Gasteiger partial charge in [0.05, 0.1) is 46.2 Å². The van der Waals surface area contributed by atoms with Gasteiger partial charge in [-0.15, -0.1) is 0 Å². The van der Waals surface area contributed by atoms with Gasteiger partial charge in [-0.25, -0.2) is 29.3 Å². The summed E-state index contributed by atoms with van der Waals surface area (Å²) in [6.45, 7) is -9.08. The van der Waals surface area contributed by atoms with E-state index in [1.54, 1.807) is 0 Å². The van der Waals surface area contributed by atoms with Crippen molar-refractivity contribution >= 4 is 72.8 Å². The summed E-state index contributed by atoms with van der Waals surface area (Å²) >= 11 is 0. The van der Waals surface area contributed by atoms with Gasteiger partial charge in [0.25, 0.3) is 0 Å². The monoisotopic (exact) mass is 1890 g/mol. The largest absolute Gasteiger partial charge is 0.397 e. The van der Waals surface area contributed by atoms with Gasteiger partial charge in [-0.2, -0.15) is 58.9 Å². The molecule has 0 unspecified atom stereocenters. The summed E-state index contributed by atoms with van der Waals surface area (Å²) in [6.07, 6.45) is -66.4. The maximum Gasteiger partial charge on any atom is 0.397 e. The Bertz CT molecular complexity index is 3280. The van der Waals surface area contributed by atoms with Crippen molar-refractivity contribution in [3.63, 3.8) is 0 Å². The minimum Gasteiger partial charge on any atom is -0.376 e. The van der Waals surface area contributed by atoms with Crippen LogP contribution in [0.25, 0.3) is 0 Å². The molecule has 119 heavy (non-hydrogen) atoms. The first kappa shape index (κ1) is 102. The van der Waals surface area contributed by atoms with Crippen LogP contribution in [0.3, 0.4) is 0 Å². The summed E-state index contributed by atoms with van der Waals surface area (Å²) in [6, 6.07) is 0. The lowest BCUT2D eigenvalue weighted by Crippen LogP contribution is -2.69. The molecular weight excluding hydrogens is 1790 g/mol. The van der Waals surface area contributed by atoms with Gasteiger partial charge in [0.15, 0.2) is 44.0 Å². The van der Waals surface area contributed by atoms with Gasteiger partial charge in [-0.3, -0.25) is 31.9 Å². The molecule has 21 saturated heterocycles. The zero-order chi connectivity index (χ0) is 88.4. The smallest absolute Gasteiger partial charge is 0.376 e. The summed E-state index contributed by atoms with van der Waals surface area (Å²) in [7, 11) is -23.9. The molecule has 63 heteroatoms. The van der Waals surface area contributed by atoms with Crippen LogP contribution in [0.4, 0.5) is 0 Å². The highest BCUT2D eigenvalue weighted by Crippen LogP contribution is 2.44. The molecule has 0 aromatic heterocycles. The van der Waals surface area contributed by atoms with Crippen molar-refractivity contribution in [1.29, 1.82) is 0 Å². The van der Waals surface area contributed by atoms with Gasteiger partial charge < -0.3 is 133 Å². The number of hydrogen-bond acceptors (Lipinski definition) is 49. The molecule has 0 radical (unpaired) electrons. The first-order valence-corrected chi connectivity index (χ1v) is 44.2. The Morgan fingerprint density at radius 1 is 0.168 bits per heavy atom. The second-order valence-electron chi connectivity index (χ2n) is 26.3. The fourth-order valence-electron chi connectivity index (χ4n) is 14.8. The topological polar surface area (TPSA) is 704 Å². The van der Waals surface area contributed by atoms with E-state index in [1.165, 1.54) is 0 Å². The molecule has 0 saturated carbocycles. The molecule has 21 fully saturated rings. The number of rotatable bonds is 35. The van der Waals surface area contributed by atoms with E-state index in [2.05, 4.69) is 0 Å². The average Bonchev–Trinajstić information content (AvgIpc) is 0.815. The predicted molar refractivity (Wildman–Crippen MR) is 368 cm³/mol. The van der Waals surface area contributed by atoms with Crippen molar-refractivity contribution in [3.8, 4) is 0 Å². The van der Waals surface area contributed by atoms with Crippen LogP contribution >= 0.6 is 0 Å². The quantitative estimate of drug-likeness (QED) is 0.0290. The Balaban J connectivity index is 1.35. The van der Waals surface area contributed by atoms with E-state index in [0.29, 0.717) is 0 Å². The van der Waals surface area contributed by atoms with Crippen molar-refractivity contribution in [2.24, 2.45) is 0 Å². The number of methoxy groups -OCH3 is 14. The molecule has 0 spiro atoms. The summed E-state index contributed by atoms with van der Waals surface area (Å²) in [4.78, 5) is 0. The third-order valence-electron chi connectivity index (χ3n) is 19.7. The second-order valence-corrected chi connectivity index (χ2v) is 33.9. The average molecular weight is 1890 g/mol. The Hall–Kier alpha value is -2.03. The fourth-order valence-corrected chi connectivity index (χ4v) is 16.9. The minimum absolute atomic E-state index is 1.04. The SMILES string of the molecule is CO[C@@H]1[C@H]2O[C@@H]3O[C@@H](COS(=O)(=O)O)[C@H](O[C@@H]4O[C@@H](COS(=O)(=O)O)[C@H](O[C@@H]5O[C@@H](COS(=O)(=O)O)[C@H](O[C@@H]6O[C@@H](COS(=O)(=O)O)[C@H](O[C@@H]7O[C@@H](COS(=O)(=O)O)[C@H](O[C@@H]8O[C@@H](COS(=O)(=O)O)[C@H](O[C@H](O[C@H]2COS(=O)(=O)O)[C@@H]1OC)[C@@H](OC)[C@@H]8OC)[C@@H](OC)[C@@H]7OC)[C@@H](OC)[C@@H]6OC)[C@@H](OC)[C@@H]5OC)[C@@H](OC)[C@@H]4OC)[C@@H](OC)[C@@H]3OC. The van der Waals surface area contributed by atoms with E-state index in [9.17, 15) is 90.8 Å². The van der Waals surface area contributed by atoms with Crippen LogP contribution in [0.2, 0.25) is 0 Å². The highest BCUT2D eigenvalue weighted by Gasteiger charge is 2.63. The fraction of sp³-hybridized carbons (Fsp3) is 1.00. The van der Waals surface area contributed by atoms with Crippen LogP contribution in [0.5, 0.6) is 0 Å². The molecule has 0 aliphatic carbocycles. The van der Waals surface area contributed by atoms with Crippen molar-refractivity contribution in [2.75, 3.05) is 146 Å². The van der Waals surface area contributed by atoms with Crippen LogP contribution in [0.1, 0.15) is 0 Å². The molecule has 21 aliphatic rings. The molecule has 21 rings (SSSR count). The van der Waals surface area contributed by atoms with Crippen LogP contribution in [-0.2, 0) is 235 Å². The van der Waals surface area contributed by atoms with Gasteiger partial charge in [-0.1, -0.05) is 0 Å². The van der Waals surface area contributed by atoms with Gasteiger partial charge in [0, 0.05) is 99.5 Å². The number of hydrogen-bond donors (Lipinski definition) is 7. The predicted octanol–water partition coefficient (Wildman–Crippen LogP) is -7.28. The maximum atomic E-state index is 12.5. The van der Waals surface area contributed by atoms with Crippen molar-refractivity contribution < 1.29 is 253 Å². The third kappa shape index (κ3) is 27.1. The first-order chi connectivity index (χ1) is 55.7. The van der Waals surface area contributed by atoms with Gasteiger partial charge in [-0.05, 0) is 0 Å². The standard InChI is InChI=1S/C56H98O56S7/c1-78-36-29-22(15-92-113(57,58)59)99-50(43(36)85-8)107-30-23(16-93-114(60,61)62)101-52(45(87-10)37(30)79-2)109-32-25(18-95-116(66,67)68)103-54(47(89-12)39(32)81-4)111-34-27(20-97-118(72,73)74)105-56(49(91-14)41(34)83-6)112-35-28(21-98-119(75,76)77)104-55(48(90-13)42(35)84-7)110-33-26(19-96-117(69,70)71)102-53(46(88-11)40(33)82-5)108-31-24(17-94-115(63,64)65)100-51(106-29)44(86-9)38(31)80-3/h22-56H,15-21H2,1-14H3,(H,57,58,59)(H,60,61,62)(H,63,64,65)(H,66,67,68)(H,69,70,71)(H,72,73,74)(H,75,76,77)/t22-,23-,24-,25-,26-,27-,28-,29-,30-,31-,32-,33-,34-,35-,36+,37+,38+,39+,40+,41+,42+,43-,44-,45-,46-,47-,48-,49+,50-,51-,52-,53-,54-,55-,56-/m0/s1. The molecule has 0 aromatic rings. The molecule has 21 heterocycles. The minimum atomic E-state index is -5.50. The van der Waals surface area contributed by atoms with E-state index in [1.807, 2.05) is 0 Å². The summed E-state index contributed by atoms with van der Waals surface area (Å²) in [5, 5.41) is 0. The van der Waals surface area contributed by atoms with E-state index in [-0.39, 0.29) is 0 Å². The van der Waals surface area contributed by atoms with Crippen molar-refractivity contribution in [1.82, 2.24) is 0 Å². The third-order valence-corrected chi connectivity index (χ3v) is 22.7. The molecule has 56 nitrogen and oxygen atoms in total. The summed E-state index contributed by atoms with van der Waals surface area (Å²) in [5.74, 6) is 0. The normalized spacial score (nSPS) is 41.0. The lowest BCUT2D eigenvalue weighted by atomic mass is 9.94. The van der Waals surface area contributed by atoms with E-state index < -0.39 is 334 Å². The summed E-state index contributed by atoms with van der Waals surface area (Å²) in [5.41, 5.74) is 0. The highest BCUT2D eigenvalue weighted by atomic mass is 32.3. The molecule has 0 amide bonds. The van der Waals surface area contributed by atoms with Crippen LogP contribution < -0.4 is 0 Å². The molecule has 7 N–H and O–H groups in total. The van der Waals surface area contributed by atoms with Crippen LogP contribution in [0, 0.1) is 0 Å². The van der Waals surface area contributed by atoms with E-state index >= 15 is 0 Å². The van der Waals surface area contributed by atoms with Gasteiger partial charge in [0.1, 0.15) is 171 Å². The second kappa shape index (κ2) is 43.9. The maximum absolute atomic E-state index is 12.5. The van der Waals surface area contributed by atoms with Gasteiger partial charge >= 0.3 is 72.8 Å². The van der Waals surface area contributed by atoms with E-state index in [0.717, 1.165) is 99.5 Å².